The number of urea groups is 1. The molecule has 0 aromatic heterocycles. The molecule has 0 saturated carbocycles. The Morgan fingerprint density at radius 1 is 1.07 bits per heavy atom. The molecule has 1 unspecified atom stereocenters. The molecule has 3 N–H and O–H groups in total. The fourth-order valence-electron chi connectivity index (χ4n) is 3.38. The lowest BCUT2D eigenvalue weighted by atomic mass is 10.0. The third kappa shape index (κ3) is 5.53. The number of rotatable bonds is 6. The van der Waals surface area contributed by atoms with E-state index in [1.807, 2.05) is 18.2 Å². The van der Waals surface area contributed by atoms with Crippen molar-refractivity contribution in [2.75, 3.05) is 13.1 Å². The number of carbonyl (C=O) groups is 2. The number of carboxylic acids is 1. The minimum absolute atomic E-state index is 0.00492. The normalized spacial score (nSPS) is 16.3. The molecule has 0 aliphatic carbocycles. The average molecular weight is 385 g/mol. The van der Waals surface area contributed by atoms with E-state index in [-0.39, 0.29) is 6.04 Å². The van der Waals surface area contributed by atoms with Crippen LogP contribution in [0.2, 0.25) is 0 Å². The lowest BCUT2D eigenvalue weighted by Gasteiger charge is -2.32. The van der Waals surface area contributed by atoms with Crippen molar-refractivity contribution in [3.63, 3.8) is 0 Å². The quantitative estimate of drug-likeness (QED) is 0.714. The van der Waals surface area contributed by atoms with Gasteiger partial charge in [0.2, 0.25) is 0 Å². The van der Waals surface area contributed by atoms with Gasteiger partial charge in [-0.15, -0.1) is 0 Å². The van der Waals surface area contributed by atoms with Gasteiger partial charge in [-0.2, -0.15) is 0 Å². The Morgan fingerprint density at radius 3 is 2.32 bits per heavy atom. The van der Waals surface area contributed by atoms with Crippen molar-refractivity contribution in [2.24, 2.45) is 0 Å². The van der Waals surface area contributed by atoms with E-state index in [4.69, 9.17) is 0 Å². The lowest BCUT2D eigenvalue weighted by Crippen LogP contribution is -2.49. The van der Waals surface area contributed by atoms with Crippen molar-refractivity contribution >= 4 is 12.0 Å². The van der Waals surface area contributed by atoms with E-state index in [0.717, 1.165) is 32.5 Å². The van der Waals surface area contributed by atoms with Gasteiger partial charge in [0.15, 0.2) is 6.04 Å². The summed E-state index contributed by atoms with van der Waals surface area (Å²) in [5.74, 6) is -1.65. The van der Waals surface area contributed by atoms with Crippen molar-refractivity contribution in [3.8, 4) is 0 Å². The molecule has 1 heterocycles. The molecule has 148 valence electrons. The Hall–Kier alpha value is -2.93. The molecule has 0 spiro atoms. The van der Waals surface area contributed by atoms with E-state index in [1.165, 1.54) is 29.8 Å². The van der Waals surface area contributed by atoms with Gasteiger partial charge in [-0.1, -0.05) is 42.5 Å². The summed E-state index contributed by atoms with van der Waals surface area (Å²) in [6.07, 6.45) is 1.60. The summed E-state index contributed by atoms with van der Waals surface area (Å²) >= 11 is 0. The van der Waals surface area contributed by atoms with Gasteiger partial charge >= 0.3 is 12.0 Å². The number of piperidine rings is 1. The fourth-order valence-corrected chi connectivity index (χ4v) is 3.38. The van der Waals surface area contributed by atoms with Crippen molar-refractivity contribution in [3.05, 3.63) is 71.5 Å². The summed E-state index contributed by atoms with van der Waals surface area (Å²) in [6.45, 7) is 2.60. The highest BCUT2D eigenvalue weighted by Crippen LogP contribution is 2.16. The number of amides is 2. The topological polar surface area (TPSA) is 81.7 Å². The second-order valence-corrected chi connectivity index (χ2v) is 6.98. The molecule has 1 fully saturated rings. The van der Waals surface area contributed by atoms with E-state index < -0.39 is 23.9 Å². The SMILES string of the molecule is O=C(NC1CCN(Cc2ccccc2)CC1)NC(C(=O)O)c1ccc(F)cc1. The summed E-state index contributed by atoms with van der Waals surface area (Å²) in [7, 11) is 0. The second-order valence-electron chi connectivity index (χ2n) is 6.98. The highest BCUT2D eigenvalue weighted by Gasteiger charge is 2.25. The Labute approximate surface area is 163 Å². The number of nitrogens with one attached hydrogen (secondary N) is 2. The molecule has 2 aromatic carbocycles. The predicted molar refractivity (Wildman–Crippen MR) is 103 cm³/mol. The monoisotopic (exact) mass is 385 g/mol. The van der Waals surface area contributed by atoms with Crippen LogP contribution in [0.5, 0.6) is 0 Å². The maximum absolute atomic E-state index is 13.0. The van der Waals surface area contributed by atoms with E-state index >= 15 is 0 Å². The van der Waals surface area contributed by atoms with Crippen LogP contribution in [0.3, 0.4) is 0 Å². The van der Waals surface area contributed by atoms with Crippen molar-refractivity contribution in [2.45, 2.75) is 31.5 Å². The standard InChI is InChI=1S/C21H24FN3O3/c22-17-8-6-16(7-9-17)19(20(26)27)24-21(28)23-18-10-12-25(13-11-18)14-15-4-2-1-3-5-15/h1-9,18-19H,10-14H2,(H,26,27)(H2,23,24,28). The smallest absolute Gasteiger partial charge is 0.330 e. The summed E-state index contributed by atoms with van der Waals surface area (Å²) < 4.78 is 13.0. The number of carboxylic acid groups (broad SMARTS) is 1. The van der Waals surface area contributed by atoms with Gasteiger partial charge in [-0.05, 0) is 36.1 Å². The Bertz CT molecular complexity index is 790. The lowest BCUT2D eigenvalue weighted by molar-refractivity contribution is -0.139. The molecule has 0 radical (unpaired) electrons. The van der Waals surface area contributed by atoms with Crippen molar-refractivity contribution < 1.29 is 19.1 Å². The molecule has 1 aliphatic rings. The third-order valence-corrected chi connectivity index (χ3v) is 4.90. The van der Waals surface area contributed by atoms with Crippen LogP contribution in [0.15, 0.2) is 54.6 Å². The first-order chi connectivity index (χ1) is 13.5. The van der Waals surface area contributed by atoms with Crippen LogP contribution < -0.4 is 10.6 Å². The van der Waals surface area contributed by atoms with Crippen LogP contribution in [0.25, 0.3) is 0 Å². The van der Waals surface area contributed by atoms with Gasteiger partial charge in [-0.3, -0.25) is 4.90 Å². The molecular formula is C21H24FN3O3. The third-order valence-electron chi connectivity index (χ3n) is 4.90. The van der Waals surface area contributed by atoms with Gasteiger partial charge in [0.25, 0.3) is 0 Å². The molecule has 28 heavy (non-hydrogen) atoms. The highest BCUT2D eigenvalue weighted by atomic mass is 19.1. The van der Waals surface area contributed by atoms with E-state index in [2.05, 4.69) is 27.7 Å². The zero-order chi connectivity index (χ0) is 19.9. The Morgan fingerprint density at radius 2 is 1.71 bits per heavy atom. The van der Waals surface area contributed by atoms with Gasteiger partial charge in [0.05, 0.1) is 0 Å². The molecule has 1 atom stereocenters. The zero-order valence-corrected chi connectivity index (χ0v) is 15.5. The molecule has 0 bridgehead atoms. The Balaban J connectivity index is 1.48. The number of benzene rings is 2. The molecule has 3 rings (SSSR count). The summed E-state index contributed by atoms with van der Waals surface area (Å²) in [4.78, 5) is 26.1. The van der Waals surface area contributed by atoms with Crippen LogP contribution >= 0.6 is 0 Å². The minimum atomic E-state index is -1.22. The largest absolute Gasteiger partial charge is 0.479 e. The minimum Gasteiger partial charge on any atom is -0.479 e. The number of carbonyl (C=O) groups excluding carboxylic acids is 1. The number of hydrogen-bond acceptors (Lipinski definition) is 3. The second kappa shape index (κ2) is 9.32. The first kappa shape index (κ1) is 19.8. The van der Waals surface area contributed by atoms with Crippen molar-refractivity contribution in [1.29, 1.82) is 0 Å². The van der Waals surface area contributed by atoms with Crippen LogP contribution in [0, 0.1) is 5.82 Å². The van der Waals surface area contributed by atoms with E-state index in [9.17, 15) is 19.1 Å². The van der Waals surface area contributed by atoms with Crippen molar-refractivity contribution in [1.82, 2.24) is 15.5 Å². The fraction of sp³-hybridized carbons (Fsp3) is 0.333. The van der Waals surface area contributed by atoms with Crippen LogP contribution in [-0.2, 0) is 11.3 Å². The number of hydrogen-bond donors (Lipinski definition) is 3. The molecule has 1 saturated heterocycles. The van der Waals surface area contributed by atoms with Crippen LogP contribution in [-0.4, -0.2) is 41.1 Å². The molecule has 7 heteroatoms. The van der Waals surface area contributed by atoms with Gasteiger partial charge in [0, 0.05) is 25.7 Å². The average Bonchev–Trinajstić information content (AvgIpc) is 2.69. The molecule has 6 nitrogen and oxygen atoms in total. The number of nitrogens with zero attached hydrogens (tertiary/aromatic N) is 1. The first-order valence-corrected chi connectivity index (χ1v) is 9.33. The maximum atomic E-state index is 13.0. The molecular weight excluding hydrogens is 361 g/mol. The summed E-state index contributed by atoms with van der Waals surface area (Å²) in [6, 6.07) is 13.5. The molecule has 2 aromatic rings. The maximum Gasteiger partial charge on any atom is 0.330 e. The van der Waals surface area contributed by atoms with Gasteiger partial charge < -0.3 is 15.7 Å². The number of halogens is 1. The number of aliphatic carboxylic acids is 1. The number of likely N-dealkylation sites (tertiary alicyclic amines) is 1. The predicted octanol–water partition coefficient (Wildman–Crippen LogP) is 2.92. The first-order valence-electron chi connectivity index (χ1n) is 9.33. The van der Waals surface area contributed by atoms with Crippen LogP contribution in [0.1, 0.15) is 30.0 Å². The summed E-state index contributed by atoms with van der Waals surface area (Å²) in [5.41, 5.74) is 1.58. The zero-order valence-electron chi connectivity index (χ0n) is 15.5. The van der Waals surface area contributed by atoms with Gasteiger partial charge in [0.1, 0.15) is 5.82 Å². The molecule has 2 amide bonds. The van der Waals surface area contributed by atoms with E-state index in [1.54, 1.807) is 0 Å². The van der Waals surface area contributed by atoms with E-state index in [0.29, 0.717) is 5.56 Å². The van der Waals surface area contributed by atoms with Crippen LogP contribution in [0.4, 0.5) is 9.18 Å². The van der Waals surface area contributed by atoms with Gasteiger partial charge in [-0.25, -0.2) is 14.0 Å². The molecule has 1 aliphatic heterocycles. The Kier molecular flexibility index (Phi) is 6.60. The highest BCUT2D eigenvalue weighted by molar-refractivity contribution is 5.83. The summed E-state index contributed by atoms with van der Waals surface area (Å²) in [5, 5.41) is 14.7.